The predicted molar refractivity (Wildman–Crippen MR) is 103 cm³/mol. The molecule has 0 saturated heterocycles. The zero-order valence-corrected chi connectivity index (χ0v) is 15.3. The van der Waals surface area contributed by atoms with Gasteiger partial charge in [0.1, 0.15) is 23.3 Å². The first kappa shape index (κ1) is 17.0. The number of fused-ring (bicyclic) bond motifs is 2. The van der Waals surface area contributed by atoms with Gasteiger partial charge in [0.15, 0.2) is 0 Å². The van der Waals surface area contributed by atoms with Crippen LogP contribution in [0.2, 0.25) is 0 Å². The normalized spacial score (nSPS) is 14.7. The number of aryl methyl sites for hydroxylation is 1. The lowest BCUT2D eigenvalue weighted by molar-refractivity contribution is 0.240. The predicted octanol–water partition coefficient (Wildman–Crippen LogP) is 3.04. The highest BCUT2D eigenvalue weighted by atomic mass is 16.1. The first-order chi connectivity index (χ1) is 12.9. The largest absolute Gasteiger partial charge is 0.296 e. The van der Waals surface area contributed by atoms with Crippen molar-refractivity contribution in [2.45, 2.75) is 33.2 Å². The molecule has 0 amide bonds. The fourth-order valence-electron chi connectivity index (χ4n) is 3.36. The molecule has 5 nitrogen and oxygen atoms in total. The quantitative estimate of drug-likeness (QED) is 0.582. The van der Waals surface area contributed by atoms with Crippen molar-refractivity contribution in [3.63, 3.8) is 0 Å². The Kier molecular flexibility index (Phi) is 4.01. The van der Waals surface area contributed by atoms with E-state index in [0.29, 0.717) is 28.8 Å². The summed E-state index contributed by atoms with van der Waals surface area (Å²) in [5.41, 5.74) is 2.45. The van der Waals surface area contributed by atoms with Crippen LogP contribution in [0.15, 0.2) is 41.2 Å². The number of pyridine rings is 1. The van der Waals surface area contributed by atoms with Gasteiger partial charge in [0.25, 0.3) is 5.56 Å². The third-order valence-corrected chi connectivity index (χ3v) is 4.84. The van der Waals surface area contributed by atoms with Crippen molar-refractivity contribution >= 4 is 10.9 Å². The maximum atomic E-state index is 12.9. The molecule has 1 aliphatic heterocycles. The van der Waals surface area contributed by atoms with Crippen molar-refractivity contribution in [2.75, 3.05) is 0 Å². The van der Waals surface area contributed by atoms with Gasteiger partial charge in [-0.05, 0) is 48.1 Å². The lowest BCUT2D eigenvalue weighted by Crippen LogP contribution is -2.36. The van der Waals surface area contributed by atoms with Crippen LogP contribution in [0.4, 0.5) is 0 Å². The van der Waals surface area contributed by atoms with Crippen molar-refractivity contribution in [3.8, 4) is 17.9 Å². The zero-order valence-electron chi connectivity index (χ0n) is 15.3. The number of nitriles is 1. The Morgan fingerprint density at radius 3 is 2.74 bits per heavy atom. The summed E-state index contributed by atoms with van der Waals surface area (Å²) in [7, 11) is 0. The second-order valence-electron chi connectivity index (χ2n) is 7.59. The zero-order chi connectivity index (χ0) is 19.0. The van der Waals surface area contributed by atoms with Crippen molar-refractivity contribution in [1.29, 1.82) is 5.26 Å². The van der Waals surface area contributed by atoms with Gasteiger partial charge in [0.05, 0.1) is 10.9 Å². The van der Waals surface area contributed by atoms with E-state index in [2.05, 4.69) is 30.7 Å². The maximum Gasteiger partial charge on any atom is 0.261 e. The van der Waals surface area contributed by atoms with Gasteiger partial charge in [-0.3, -0.25) is 9.36 Å². The van der Waals surface area contributed by atoms with Crippen LogP contribution >= 0.6 is 0 Å². The van der Waals surface area contributed by atoms with Gasteiger partial charge >= 0.3 is 0 Å². The molecular formula is C22H18N4O. The van der Waals surface area contributed by atoms with E-state index in [4.69, 9.17) is 10.2 Å². The smallest absolute Gasteiger partial charge is 0.261 e. The fraction of sp³-hybridized carbons (Fsp3) is 0.273. The average molecular weight is 354 g/mol. The molecule has 3 aromatic rings. The van der Waals surface area contributed by atoms with Gasteiger partial charge < -0.3 is 0 Å². The molecule has 2 aromatic heterocycles. The molecule has 0 aliphatic carbocycles. The molecule has 4 rings (SSSR count). The molecule has 0 spiro atoms. The van der Waals surface area contributed by atoms with Gasteiger partial charge in [-0.1, -0.05) is 25.8 Å². The highest BCUT2D eigenvalue weighted by Gasteiger charge is 2.27. The molecule has 0 atom stereocenters. The Hall–Kier alpha value is -3.44. The third kappa shape index (κ3) is 3.32. The molecule has 0 fully saturated rings. The molecule has 0 unspecified atom stereocenters. The highest BCUT2D eigenvalue weighted by Crippen LogP contribution is 2.29. The van der Waals surface area contributed by atoms with E-state index in [-0.39, 0.29) is 11.0 Å². The van der Waals surface area contributed by atoms with Crippen molar-refractivity contribution < 1.29 is 0 Å². The van der Waals surface area contributed by atoms with E-state index in [1.54, 1.807) is 24.3 Å². The first-order valence-electron chi connectivity index (χ1n) is 8.88. The van der Waals surface area contributed by atoms with Crippen LogP contribution in [0, 0.1) is 28.6 Å². The Balaban J connectivity index is 1.75. The number of hydrogen-bond donors (Lipinski definition) is 0. The summed E-state index contributed by atoms with van der Waals surface area (Å²) in [5, 5.41) is 9.54. The minimum absolute atomic E-state index is 0.0191. The second kappa shape index (κ2) is 6.37. The number of aromatic nitrogens is 3. The van der Waals surface area contributed by atoms with Gasteiger partial charge in [-0.25, -0.2) is 9.97 Å². The molecule has 1 aromatic carbocycles. The standard InChI is InChI=1S/C22H18N4O/c1-22(2)11-10-20-25-19-12-15(7-9-18(19)21(27)26(20)14-22)6-8-16-4-3-5-17(13-23)24-16/h3-5,7,9,12H,10-11,14H2,1-2H3. The van der Waals surface area contributed by atoms with E-state index in [1.165, 1.54) is 0 Å². The number of nitrogens with zero attached hydrogens (tertiary/aromatic N) is 4. The monoisotopic (exact) mass is 354 g/mol. The molecule has 0 N–H and O–H groups in total. The van der Waals surface area contributed by atoms with E-state index in [9.17, 15) is 4.79 Å². The van der Waals surface area contributed by atoms with Crippen LogP contribution in [0.5, 0.6) is 0 Å². The van der Waals surface area contributed by atoms with Crippen molar-refractivity contribution in [1.82, 2.24) is 14.5 Å². The Labute approximate surface area is 157 Å². The van der Waals surface area contributed by atoms with Gasteiger partial charge in [-0.15, -0.1) is 0 Å². The Morgan fingerprint density at radius 2 is 1.93 bits per heavy atom. The van der Waals surface area contributed by atoms with Gasteiger partial charge in [-0.2, -0.15) is 5.26 Å². The molecule has 5 heteroatoms. The number of benzene rings is 1. The molecule has 3 heterocycles. The summed E-state index contributed by atoms with van der Waals surface area (Å²) in [6.45, 7) is 5.06. The van der Waals surface area contributed by atoms with Crippen LogP contribution in [0.25, 0.3) is 10.9 Å². The second-order valence-corrected chi connectivity index (χ2v) is 7.59. The summed E-state index contributed by atoms with van der Waals surface area (Å²) in [6, 6.07) is 12.6. The summed E-state index contributed by atoms with van der Waals surface area (Å²) in [6.07, 6.45) is 1.82. The number of rotatable bonds is 0. The average Bonchev–Trinajstić information content (AvgIpc) is 2.67. The van der Waals surface area contributed by atoms with E-state index >= 15 is 0 Å². The lowest BCUT2D eigenvalue weighted by atomic mass is 9.85. The van der Waals surface area contributed by atoms with Crippen LogP contribution in [0.3, 0.4) is 0 Å². The molecule has 27 heavy (non-hydrogen) atoms. The third-order valence-electron chi connectivity index (χ3n) is 4.84. The van der Waals surface area contributed by atoms with Crippen LogP contribution in [0.1, 0.15) is 43.0 Å². The molecule has 132 valence electrons. The minimum Gasteiger partial charge on any atom is -0.296 e. The summed E-state index contributed by atoms with van der Waals surface area (Å²) < 4.78 is 1.81. The highest BCUT2D eigenvalue weighted by molar-refractivity contribution is 5.79. The summed E-state index contributed by atoms with van der Waals surface area (Å²) in [5.74, 6) is 6.86. The molecule has 0 saturated carbocycles. The van der Waals surface area contributed by atoms with Crippen LogP contribution < -0.4 is 5.56 Å². The van der Waals surface area contributed by atoms with E-state index in [1.807, 2.05) is 22.8 Å². The molecular weight excluding hydrogens is 336 g/mol. The van der Waals surface area contributed by atoms with Crippen molar-refractivity contribution in [3.05, 3.63) is 69.5 Å². The van der Waals surface area contributed by atoms with Gasteiger partial charge in [0.2, 0.25) is 0 Å². The van der Waals surface area contributed by atoms with E-state index < -0.39 is 0 Å². The lowest BCUT2D eigenvalue weighted by Gasteiger charge is -2.31. The summed E-state index contributed by atoms with van der Waals surface area (Å²) in [4.78, 5) is 21.7. The van der Waals surface area contributed by atoms with Crippen LogP contribution in [-0.2, 0) is 13.0 Å². The van der Waals surface area contributed by atoms with Crippen molar-refractivity contribution in [2.24, 2.45) is 5.41 Å². The number of hydrogen-bond acceptors (Lipinski definition) is 4. The molecule has 0 bridgehead atoms. The van der Waals surface area contributed by atoms with E-state index in [0.717, 1.165) is 24.2 Å². The first-order valence-corrected chi connectivity index (χ1v) is 8.88. The Morgan fingerprint density at radius 1 is 1.11 bits per heavy atom. The SMILES string of the molecule is CC1(C)CCc2nc3cc(C#Cc4cccc(C#N)n4)ccc3c(=O)n2C1. The van der Waals surface area contributed by atoms with Crippen LogP contribution in [-0.4, -0.2) is 14.5 Å². The molecule has 1 aliphatic rings. The maximum absolute atomic E-state index is 12.9. The topological polar surface area (TPSA) is 71.6 Å². The fourth-order valence-corrected chi connectivity index (χ4v) is 3.36. The molecule has 0 radical (unpaired) electrons. The Bertz CT molecular complexity index is 1220. The van der Waals surface area contributed by atoms with Gasteiger partial charge in [0, 0.05) is 18.5 Å². The minimum atomic E-state index is 0.0191. The summed E-state index contributed by atoms with van der Waals surface area (Å²) >= 11 is 0.